The van der Waals surface area contributed by atoms with E-state index in [2.05, 4.69) is 9.88 Å². The predicted molar refractivity (Wildman–Crippen MR) is 124 cm³/mol. The van der Waals surface area contributed by atoms with E-state index in [0.29, 0.717) is 11.5 Å². The third-order valence-electron chi connectivity index (χ3n) is 5.93. The second-order valence-electron chi connectivity index (χ2n) is 9.14. The van der Waals surface area contributed by atoms with Gasteiger partial charge in [-0.25, -0.2) is 17.9 Å². The molecule has 3 aromatic rings. The summed E-state index contributed by atoms with van der Waals surface area (Å²) in [7, 11) is -0.643. The number of carbonyl (C=O) groups is 1. The summed E-state index contributed by atoms with van der Waals surface area (Å²) in [6, 6.07) is 5.68. The minimum atomic E-state index is -3.87. The van der Waals surface area contributed by atoms with E-state index in [0.717, 1.165) is 17.4 Å². The van der Waals surface area contributed by atoms with Crippen molar-refractivity contribution in [2.45, 2.75) is 56.6 Å². The summed E-state index contributed by atoms with van der Waals surface area (Å²) in [5.41, 5.74) is -0.920. The average molecular weight is 490 g/mol. The maximum Gasteiger partial charge on any atom is 0.331 e. The number of hydrogen-bond donors (Lipinski definition) is 1. The zero-order chi connectivity index (χ0) is 24.8. The van der Waals surface area contributed by atoms with E-state index in [4.69, 9.17) is 4.52 Å². The lowest BCUT2D eigenvalue weighted by molar-refractivity contribution is -0.128. The van der Waals surface area contributed by atoms with Gasteiger partial charge in [0.1, 0.15) is 0 Å². The molecule has 0 aliphatic heterocycles. The molecule has 1 fully saturated rings. The van der Waals surface area contributed by atoms with Crippen LogP contribution in [0.25, 0.3) is 10.9 Å². The van der Waals surface area contributed by atoms with Crippen LogP contribution in [0.1, 0.15) is 37.6 Å². The smallest absolute Gasteiger partial charge is 0.331 e. The maximum atomic E-state index is 13.3. The van der Waals surface area contributed by atoms with Crippen molar-refractivity contribution in [1.29, 1.82) is 0 Å². The molecule has 34 heavy (non-hydrogen) atoms. The topological polar surface area (TPSA) is 137 Å². The van der Waals surface area contributed by atoms with Crippen LogP contribution in [0.2, 0.25) is 0 Å². The zero-order valence-electron chi connectivity index (χ0n) is 19.5. The summed E-state index contributed by atoms with van der Waals surface area (Å²) in [4.78, 5) is 40.1. The first kappa shape index (κ1) is 23.9. The predicted octanol–water partition coefficient (Wildman–Crippen LogP) is 0.817. The molecule has 0 radical (unpaired) electrons. The fourth-order valence-electron chi connectivity index (χ4n) is 3.68. The molecule has 1 N–H and O–H groups in total. The molecule has 0 unspecified atom stereocenters. The number of amides is 1. The lowest BCUT2D eigenvalue weighted by Gasteiger charge is -2.16. The summed E-state index contributed by atoms with van der Waals surface area (Å²) in [5.74, 6) is 0.115. The van der Waals surface area contributed by atoms with Crippen molar-refractivity contribution in [3.05, 3.63) is 56.6 Å². The Hall–Kier alpha value is -3.25. The van der Waals surface area contributed by atoms with Crippen molar-refractivity contribution in [3.8, 4) is 0 Å². The molecule has 2 aromatic heterocycles. The highest BCUT2D eigenvalue weighted by Gasteiger charge is 2.41. The minimum absolute atomic E-state index is 0.0183. The van der Waals surface area contributed by atoms with Crippen LogP contribution in [0, 0.1) is 6.92 Å². The highest BCUT2D eigenvalue weighted by Crippen LogP contribution is 2.36. The van der Waals surface area contributed by atoms with Crippen LogP contribution in [0.3, 0.4) is 0 Å². The van der Waals surface area contributed by atoms with E-state index in [-0.39, 0.29) is 41.2 Å². The number of nitrogens with one attached hydrogen (secondary N) is 1. The van der Waals surface area contributed by atoms with E-state index in [1.165, 1.54) is 27.7 Å². The van der Waals surface area contributed by atoms with E-state index >= 15 is 0 Å². The van der Waals surface area contributed by atoms with Crippen LogP contribution < -0.4 is 16.0 Å². The first-order chi connectivity index (χ1) is 15.9. The van der Waals surface area contributed by atoms with Crippen molar-refractivity contribution >= 4 is 26.8 Å². The quantitative estimate of drug-likeness (QED) is 0.495. The van der Waals surface area contributed by atoms with Crippen molar-refractivity contribution in [2.75, 3.05) is 14.1 Å². The minimum Gasteiger partial charge on any atom is -0.359 e. The fourth-order valence-corrected chi connectivity index (χ4v) is 5.17. The molecule has 0 bridgehead atoms. The molecular weight excluding hydrogens is 462 g/mol. The number of nitrogens with zero attached hydrogens (tertiary/aromatic N) is 4. The van der Waals surface area contributed by atoms with Crippen LogP contribution in [0.5, 0.6) is 0 Å². The van der Waals surface area contributed by atoms with Gasteiger partial charge in [-0.3, -0.25) is 18.7 Å². The van der Waals surface area contributed by atoms with Crippen LogP contribution >= 0.6 is 0 Å². The molecule has 0 spiro atoms. The Labute approximate surface area is 196 Å². The Morgan fingerprint density at radius 1 is 1.21 bits per heavy atom. The molecule has 11 nitrogen and oxygen atoms in total. The average Bonchev–Trinajstić information content (AvgIpc) is 3.33. The maximum absolute atomic E-state index is 13.3. The van der Waals surface area contributed by atoms with Gasteiger partial charge in [0.05, 0.1) is 28.0 Å². The number of hydrogen-bond acceptors (Lipinski definition) is 7. The number of rotatable bonds is 8. The van der Waals surface area contributed by atoms with Crippen molar-refractivity contribution in [2.24, 2.45) is 0 Å². The summed E-state index contributed by atoms with van der Waals surface area (Å²) in [5, 5.41) is 3.84. The molecule has 4 rings (SSSR count). The van der Waals surface area contributed by atoms with E-state index in [1.807, 2.05) is 6.92 Å². The molecular formula is C22H27N5O6S. The summed E-state index contributed by atoms with van der Waals surface area (Å²) >= 11 is 0. The molecule has 1 aliphatic rings. The third-order valence-corrected chi connectivity index (χ3v) is 7.56. The first-order valence-electron chi connectivity index (χ1n) is 10.8. The number of fused-ring (bicyclic) bond motifs is 1. The second kappa shape index (κ2) is 8.51. The van der Waals surface area contributed by atoms with Gasteiger partial charge in [-0.15, -0.1) is 0 Å². The van der Waals surface area contributed by atoms with Gasteiger partial charge in [0.2, 0.25) is 15.9 Å². The van der Waals surface area contributed by atoms with Gasteiger partial charge in [-0.1, -0.05) is 5.16 Å². The Morgan fingerprint density at radius 2 is 1.91 bits per heavy atom. The number of carbonyl (C=O) groups excluding carboxylic acids is 1. The monoisotopic (exact) mass is 489 g/mol. The Bertz CT molecular complexity index is 1490. The lowest BCUT2D eigenvalue weighted by Crippen LogP contribution is -2.41. The van der Waals surface area contributed by atoms with Crippen LogP contribution in [0.4, 0.5) is 0 Å². The van der Waals surface area contributed by atoms with Gasteiger partial charge in [-0.05, 0) is 44.9 Å². The summed E-state index contributed by atoms with van der Waals surface area (Å²) < 4.78 is 35.9. The SMILES string of the molecule is Cc1cc(Cn2c(=O)c3cc(S(=O)(=O)NC4(C)CC4)ccc3n(CCC(=O)N(C)C)c2=O)on1. The molecule has 1 aliphatic carbocycles. The van der Waals surface area contributed by atoms with E-state index in [1.54, 1.807) is 27.1 Å². The molecule has 0 atom stereocenters. The Balaban J connectivity index is 1.86. The fraction of sp³-hybridized carbons (Fsp3) is 0.455. The van der Waals surface area contributed by atoms with Crippen LogP contribution in [0.15, 0.2) is 43.3 Å². The lowest BCUT2D eigenvalue weighted by atomic mass is 10.2. The van der Waals surface area contributed by atoms with Crippen LogP contribution in [-0.4, -0.2) is 53.2 Å². The van der Waals surface area contributed by atoms with E-state index < -0.39 is 26.8 Å². The van der Waals surface area contributed by atoms with Crippen molar-refractivity contribution in [1.82, 2.24) is 23.9 Å². The standard InChI is InChI=1S/C22H27N5O6S/c1-14-11-15(33-23-14)13-27-20(29)17-12-16(34(31,32)24-22(2)8-9-22)5-6-18(17)26(21(27)30)10-7-19(28)25(3)4/h5-6,11-12,24H,7-10,13H2,1-4H3. The zero-order valence-corrected chi connectivity index (χ0v) is 20.3. The van der Waals surface area contributed by atoms with E-state index in [9.17, 15) is 22.8 Å². The third kappa shape index (κ3) is 4.68. The van der Waals surface area contributed by atoms with Crippen molar-refractivity contribution < 1.29 is 17.7 Å². The number of aromatic nitrogens is 3. The molecule has 1 amide bonds. The number of aryl methyl sites for hydroxylation is 2. The normalized spacial score (nSPS) is 14.9. The highest BCUT2D eigenvalue weighted by atomic mass is 32.2. The van der Waals surface area contributed by atoms with Gasteiger partial charge >= 0.3 is 5.69 Å². The molecule has 2 heterocycles. The largest absolute Gasteiger partial charge is 0.359 e. The van der Waals surface area contributed by atoms with Gasteiger partial charge in [0.15, 0.2) is 5.76 Å². The molecule has 182 valence electrons. The molecule has 0 saturated heterocycles. The van der Waals surface area contributed by atoms with Crippen molar-refractivity contribution in [3.63, 3.8) is 0 Å². The Morgan fingerprint density at radius 3 is 2.50 bits per heavy atom. The molecule has 12 heteroatoms. The van der Waals surface area contributed by atoms with Gasteiger partial charge in [0.25, 0.3) is 5.56 Å². The van der Waals surface area contributed by atoms with Gasteiger partial charge in [-0.2, -0.15) is 0 Å². The summed E-state index contributed by atoms with van der Waals surface area (Å²) in [6.07, 6.45) is 1.51. The van der Waals surface area contributed by atoms with Gasteiger partial charge < -0.3 is 9.42 Å². The molecule has 1 aromatic carbocycles. The summed E-state index contributed by atoms with van der Waals surface area (Å²) in [6.45, 7) is 3.37. The second-order valence-corrected chi connectivity index (χ2v) is 10.8. The Kier molecular flexibility index (Phi) is 5.98. The number of benzene rings is 1. The van der Waals surface area contributed by atoms with Crippen LogP contribution in [-0.2, 0) is 27.9 Å². The molecule has 1 saturated carbocycles. The first-order valence-corrected chi connectivity index (χ1v) is 12.3. The highest BCUT2D eigenvalue weighted by molar-refractivity contribution is 7.89. The van der Waals surface area contributed by atoms with Gasteiger partial charge in [0, 0.05) is 38.7 Å². The number of sulfonamides is 1.